The normalized spacial score (nSPS) is 12.3. The van der Waals surface area contributed by atoms with Gasteiger partial charge in [0.05, 0.1) is 33.1 Å². The summed E-state index contributed by atoms with van der Waals surface area (Å²) in [6, 6.07) is 120. The summed E-state index contributed by atoms with van der Waals surface area (Å²) >= 11 is 1.95. The SMILES string of the molecule is c1ccc([Si](Cc2ccc(-n3c4ccccc4c4cc(-n5c6ccccc6c6c(C[Si](c7ccccc7)(c7ccccc7)c7cccc8c7sc7ccccc78)cccc65)ccc43)c3c2oc2ccccc23)(c2ccccc2)c2ccccc2)cc1. The number of para-hydroxylation sites is 3. The summed E-state index contributed by atoms with van der Waals surface area (Å²) in [5.41, 5.74) is 11.4. The third kappa shape index (κ3) is 7.70. The molecule has 406 valence electrons. The van der Waals surface area contributed by atoms with Crippen LogP contribution in [-0.4, -0.2) is 25.3 Å². The second-order valence-electron chi connectivity index (χ2n) is 23.0. The quantitative estimate of drug-likeness (QED) is 0.0883. The Labute approximate surface area is 504 Å². The Balaban J connectivity index is 0.860. The standard InChI is InChI=1S/C80H56N2OSSi2/c1-6-27-58(28-7-1)85(59-29-8-2-9-30-59,60-31-10-3-11-32-60)54-56-48-50-73(78-67-40-18-22-45-74(67)83-79(56)78)82-69-42-20-16-37-63(69)68-52-57(49-51-71(68)82)81-70-43-21-17-39-66(70)77-55(26-24-44-72(77)81)53-86(61-33-12-4-13-34-61,62-35-14-5-15-36-62)76-47-25-41-65-64-38-19-23-46-75(64)84-80(65)76/h1-52H,53-54H2. The zero-order valence-corrected chi connectivity index (χ0v) is 50.0. The Kier molecular flexibility index (Phi) is 11.9. The zero-order valence-electron chi connectivity index (χ0n) is 47.1. The lowest BCUT2D eigenvalue weighted by Gasteiger charge is -2.34. The molecule has 6 heteroatoms. The van der Waals surface area contributed by atoms with Crippen LogP contribution >= 0.6 is 11.3 Å². The van der Waals surface area contributed by atoms with Gasteiger partial charge < -0.3 is 13.6 Å². The Morgan fingerprint density at radius 3 is 1.45 bits per heavy atom. The Morgan fingerprint density at radius 1 is 0.314 bits per heavy atom. The van der Waals surface area contributed by atoms with E-state index in [0.717, 1.165) is 56.4 Å². The van der Waals surface area contributed by atoms with E-state index in [2.05, 4.69) is 325 Å². The van der Waals surface area contributed by atoms with Gasteiger partial charge in [0.25, 0.3) is 0 Å². The van der Waals surface area contributed by atoms with Gasteiger partial charge in [-0.1, -0.05) is 261 Å². The van der Waals surface area contributed by atoms with Gasteiger partial charge in [0.15, 0.2) is 16.1 Å². The summed E-state index contributed by atoms with van der Waals surface area (Å²) in [5.74, 6) is 0. The lowest BCUT2D eigenvalue weighted by atomic mass is 10.1. The minimum atomic E-state index is -2.86. The van der Waals surface area contributed by atoms with Crippen molar-refractivity contribution in [2.24, 2.45) is 0 Å². The van der Waals surface area contributed by atoms with Crippen LogP contribution in [0.4, 0.5) is 0 Å². The van der Waals surface area contributed by atoms with Crippen LogP contribution in [0.25, 0.3) is 97.1 Å². The molecular formula is C80H56N2OSSi2. The molecule has 0 atom stereocenters. The van der Waals surface area contributed by atoms with Crippen LogP contribution in [0.3, 0.4) is 0 Å². The Bertz CT molecular complexity index is 5280. The fourth-order valence-corrected chi connectivity index (χ4v) is 26.3. The summed E-state index contributed by atoms with van der Waals surface area (Å²) in [6.45, 7) is 0. The van der Waals surface area contributed by atoms with Gasteiger partial charge in [0, 0.05) is 52.8 Å². The first-order valence-corrected chi connectivity index (χ1v) is 35.1. The van der Waals surface area contributed by atoms with Crippen molar-refractivity contribution in [3.63, 3.8) is 0 Å². The van der Waals surface area contributed by atoms with Crippen LogP contribution in [0.5, 0.6) is 0 Å². The minimum absolute atomic E-state index is 0.822. The fraction of sp³-hybridized carbons (Fsp3) is 0.0250. The second-order valence-corrected chi connectivity index (χ2v) is 31.8. The molecule has 0 aliphatic rings. The van der Waals surface area contributed by atoms with Crippen LogP contribution in [0.1, 0.15) is 11.1 Å². The van der Waals surface area contributed by atoms with Gasteiger partial charge in [0.2, 0.25) is 0 Å². The van der Waals surface area contributed by atoms with E-state index in [-0.39, 0.29) is 0 Å². The van der Waals surface area contributed by atoms with Crippen molar-refractivity contribution in [1.29, 1.82) is 0 Å². The molecule has 0 spiro atoms. The van der Waals surface area contributed by atoms with Crippen LogP contribution in [0, 0.1) is 0 Å². The van der Waals surface area contributed by atoms with Gasteiger partial charge in [-0.3, -0.25) is 0 Å². The van der Waals surface area contributed by atoms with Crippen LogP contribution in [0.2, 0.25) is 0 Å². The number of hydrogen-bond acceptors (Lipinski definition) is 2. The van der Waals surface area contributed by atoms with E-state index in [1.54, 1.807) is 0 Å². The number of hydrogen-bond donors (Lipinski definition) is 0. The highest BCUT2D eigenvalue weighted by Crippen LogP contribution is 2.43. The van der Waals surface area contributed by atoms with Gasteiger partial charge in [-0.2, -0.15) is 0 Å². The first-order chi connectivity index (χ1) is 42.7. The van der Waals surface area contributed by atoms with Crippen molar-refractivity contribution < 1.29 is 4.42 Å². The molecule has 0 unspecified atom stereocenters. The number of rotatable bonds is 12. The van der Waals surface area contributed by atoms with Gasteiger partial charge >= 0.3 is 0 Å². The minimum Gasteiger partial charge on any atom is -0.456 e. The molecule has 0 amide bonds. The number of furan rings is 1. The number of benzene rings is 13. The van der Waals surface area contributed by atoms with Crippen molar-refractivity contribution in [2.45, 2.75) is 12.1 Å². The number of nitrogens with zero attached hydrogens (tertiary/aromatic N) is 2. The van der Waals surface area contributed by atoms with Gasteiger partial charge in [-0.15, -0.1) is 11.3 Å². The van der Waals surface area contributed by atoms with E-state index in [1.807, 2.05) is 11.3 Å². The van der Waals surface area contributed by atoms with Crippen molar-refractivity contribution in [1.82, 2.24) is 9.13 Å². The number of thiophene rings is 1. The molecule has 17 rings (SSSR count). The maximum Gasteiger partial charge on any atom is 0.154 e. The molecule has 4 heterocycles. The molecule has 86 heavy (non-hydrogen) atoms. The van der Waals surface area contributed by atoms with Crippen molar-refractivity contribution in [3.8, 4) is 11.4 Å². The van der Waals surface area contributed by atoms with E-state index in [9.17, 15) is 0 Å². The first kappa shape index (κ1) is 50.4. The van der Waals surface area contributed by atoms with Crippen LogP contribution in [0.15, 0.2) is 320 Å². The second kappa shape index (κ2) is 20.3. The van der Waals surface area contributed by atoms with Crippen molar-refractivity contribution >= 4 is 144 Å². The summed E-state index contributed by atoms with van der Waals surface area (Å²) in [7, 11) is -5.58. The van der Waals surface area contributed by atoms with Gasteiger partial charge in [-0.05, 0) is 109 Å². The smallest absolute Gasteiger partial charge is 0.154 e. The summed E-state index contributed by atoms with van der Waals surface area (Å²) in [5, 5.41) is 18.3. The van der Waals surface area contributed by atoms with Gasteiger partial charge in [0.1, 0.15) is 11.2 Å². The molecule has 3 nitrogen and oxygen atoms in total. The number of fused-ring (bicyclic) bond motifs is 12. The molecule has 0 radical (unpaired) electrons. The molecule has 0 saturated heterocycles. The van der Waals surface area contributed by atoms with E-state index in [4.69, 9.17) is 4.42 Å². The lowest BCUT2D eigenvalue weighted by Crippen LogP contribution is -2.69. The highest BCUT2D eigenvalue weighted by atomic mass is 32.1. The zero-order chi connectivity index (χ0) is 56.8. The third-order valence-electron chi connectivity index (χ3n) is 18.6. The predicted octanol–water partition coefficient (Wildman–Crippen LogP) is 16.7. The van der Waals surface area contributed by atoms with Crippen LogP contribution < -0.4 is 31.1 Å². The molecule has 17 aromatic rings. The van der Waals surface area contributed by atoms with Crippen LogP contribution in [-0.2, 0) is 12.1 Å². The highest BCUT2D eigenvalue weighted by molar-refractivity contribution is 7.29. The average Bonchev–Trinajstić information content (AvgIpc) is 1.60. The van der Waals surface area contributed by atoms with Crippen molar-refractivity contribution in [2.75, 3.05) is 0 Å². The molecule has 13 aromatic carbocycles. The average molecular weight is 1150 g/mol. The maximum atomic E-state index is 7.20. The predicted molar refractivity (Wildman–Crippen MR) is 371 cm³/mol. The third-order valence-corrected chi connectivity index (χ3v) is 29.8. The fourth-order valence-electron chi connectivity index (χ4n) is 14.9. The maximum absolute atomic E-state index is 7.20. The topological polar surface area (TPSA) is 23.0 Å². The van der Waals surface area contributed by atoms with E-state index >= 15 is 0 Å². The lowest BCUT2D eigenvalue weighted by molar-refractivity contribution is 0.665. The monoisotopic (exact) mass is 1150 g/mol. The first-order valence-electron chi connectivity index (χ1n) is 29.8. The van der Waals surface area contributed by atoms with E-state index in [1.165, 1.54) is 95.0 Å². The van der Waals surface area contributed by atoms with E-state index < -0.39 is 16.1 Å². The molecule has 0 bridgehead atoms. The number of aromatic nitrogens is 2. The summed E-state index contributed by atoms with van der Waals surface area (Å²) in [4.78, 5) is 0. The molecule has 0 aliphatic carbocycles. The molecule has 0 fully saturated rings. The molecule has 4 aromatic heterocycles. The van der Waals surface area contributed by atoms with Crippen molar-refractivity contribution in [3.05, 3.63) is 327 Å². The summed E-state index contributed by atoms with van der Waals surface area (Å²) in [6.07, 6.45) is 0. The van der Waals surface area contributed by atoms with E-state index in [0.29, 0.717) is 0 Å². The highest BCUT2D eigenvalue weighted by Gasteiger charge is 2.43. The summed E-state index contributed by atoms with van der Waals surface area (Å²) < 4.78 is 15.0. The molecule has 0 aliphatic heterocycles. The largest absolute Gasteiger partial charge is 0.456 e. The Morgan fingerprint density at radius 2 is 0.802 bits per heavy atom. The molecular weight excluding hydrogens is 1090 g/mol. The Hall–Kier alpha value is -10.1. The molecule has 0 N–H and O–H groups in total. The molecule has 0 saturated carbocycles. The van der Waals surface area contributed by atoms with Gasteiger partial charge in [-0.25, -0.2) is 0 Å².